The van der Waals surface area contributed by atoms with Gasteiger partial charge in [0.05, 0.1) is 11.4 Å². The molecule has 0 atom stereocenters. The van der Waals surface area contributed by atoms with Gasteiger partial charge in [0.2, 0.25) is 0 Å². The molecule has 140 valence electrons. The highest BCUT2D eigenvalue weighted by Crippen LogP contribution is 2.26. The van der Waals surface area contributed by atoms with Crippen molar-refractivity contribution in [2.75, 3.05) is 33.2 Å². The number of hydrogen-bond donors (Lipinski definition) is 0. The Hall–Kier alpha value is -2.43. The standard InChI is InChI=1S/C23H28N4/c1-18-9-10-19(2)22(15-18)27-17-21(16-26-13-11-25(3)12-14-26)23(24-27)20-7-5-4-6-8-20/h4-10,15,17H,11-14,16H2,1-3H3. The molecule has 0 unspecified atom stereocenters. The zero-order chi connectivity index (χ0) is 18.8. The first-order valence-corrected chi connectivity index (χ1v) is 9.72. The second kappa shape index (κ2) is 7.67. The van der Waals surface area contributed by atoms with Crippen LogP contribution in [0.4, 0.5) is 0 Å². The van der Waals surface area contributed by atoms with Crippen LogP contribution in [-0.2, 0) is 6.54 Å². The lowest BCUT2D eigenvalue weighted by Crippen LogP contribution is -2.43. The second-order valence-corrected chi connectivity index (χ2v) is 7.68. The average Bonchev–Trinajstić information content (AvgIpc) is 3.10. The van der Waals surface area contributed by atoms with E-state index in [0.29, 0.717) is 0 Å². The molecule has 0 aliphatic carbocycles. The van der Waals surface area contributed by atoms with Crippen LogP contribution in [-0.4, -0.2) is 52.8 Å². The molecule has 0 bridgehead atoms. The minimum Gasteiger partial charge on any atom is -0.304 e. The molecule has 1 saturated heterocycles. The van der Waals surface area contributed by atoms with Gasteiger partial charge in [-0.25, -0.2) is 4.68 Å². The molecule has 1 aromatic heterocycles. The van der Waals surface area contributed by atoms with Gasteiger partial charge in [0.1, 0.15) is 0 Å². The Kier molecular flexibility index (Phi) is 5.10. The van der Waals surface area contributed by atoms with Gasteiger partial charge in [0, 0.05) is 50.0 Å². The molecule has 3 aromatic rings. The molecule has 27 heavy (non-hydrogen) atoms. The summed E-state index contributed by atoms with van der Waals surface area (Å²) in [5, 5.41) is 5.01. The minimum absolute atomic E-state index is 0.947. The van der Waals surface area contributed by atoms with E-state index in [4.69, 9.17) is 5.10 Å². The van der Waals surface area contributed by atoms with E-state index in [1.54, 1.807) is 0 Å². The Labute approximate surface area is 162 Å². The first kappa shape index (κ1) is 18.0. The van der Waals surface area contributed by atoms with Gasteiger partial charge in [-0.3, -0.25) is 4.90 Å². The molecule has 1 aliphatic heterocycles. The fraction of sp³-hybridized carbons (Fsp3) is 0.348. The van der Waals surface area contributed by atoms with Crippen molar-refractivity contribution in [1.82, 2.24) is 19.6 Å². The molecule has 4 rings (SSSR count). The van der Waals surface area contributed by atoms with Gasteiger partial charge in [-0.15, -0.1) is 0 Å². The van der Waals surface area contributed by atoms with Gasteiger partial charge in [-0.2, -0.15) is 5.10 Å². The summed E-state index contributed by atoms with van der Waals surface area (Å²) >= 11 is 0. The highest BCUT2D eigenvalue weighted by atomic mass is 15.3. The molecule has 0 N–H and O–H groups in total. The lowest BCUT2D eigenvalue weighted by atomic mass is 10.1. The Bertz CT molecular complexity index is 905. The fourth-order valence-corrected chi connectivity index (χ4v) is 3.70. The maximum atomic E-state index is 5.01. The van der Waals surface area contributed by atoms with Gasteiger partial charge < -0.3 is 4.90 Å². The molecule has 0 spiro atoms. The lowest BCUT2D eigenvalue weighted by Gasteiger charge is -2.32. The van der Waals surface area contributed by atoms with Gasteiger partial charge in [0.25, 0.3) is 0 Å². The zero-order valence-electron chi connectivity index (χ0n) is 16.5. The molecular weight excluding hydrogens is 332 g/mol. The summed E-state index contributed by atoms with van der Waals surface area (Å²) in [5.74, 6) is 0. The first-order valence-electron chi connectivity index (χ1n) is 9.72. The van der Waals surface area contributed by atoms with Crippen molar-refractivity contribution in [2.45, 2.75) is 20.4 Å². The van der Waals surface area contributed by atoms with Crippen molar-refractivity contribution in [2.24, 2.45) is 0 Å². The van der Waals surface area contributed by atoms with E-state index in [2.05, 4.69) is 90.1 Å². The van der Waals surface area contributed by atoms with Crippen LogP contribution in [0.2, 0.25) is 0 Å². The highest BCUT2D eigenvalue weighted by Gasteiger charge is 2.19. The van der Waals surface area contributed by atoms with Gasteiger partial charge in [0.15, 0.2) is 0 Å². The van der Waals surface area contributed by atoms with Gasteiger partial charge in [-0.1, -0.05) is 42.5 Å². The molecule has 2 heterocycles. The molecule has 4 heteroatoms. The summed E-state index contributed by atoms with van der Waals surface area (Å²) in [4.78, 5) is 4.94. The van der Waals surface area contributed by atoms with E-state index in [0.717, 1.165) is 44.1 Å². The molecule has 0 amide bonds. The minimum atomic E-state index is 0.947. The molecule has 1 aliphatic rings. The molecule has 0 radical (unpaired) electrons. The van der Waals surface area contributed by atoms with Crippen LogP contribution in [0.5, 0.6) is 0 Å². The van der Waals surface area contributed by atoms with Crippen LogP contribution in [0.1, 0.15) is 16.7 Å². The summed E-state index contributed by atoms with van der Waals surface area (Å²) in [5.41, 5.74) is 7.24. The third-order valence-electron chi connectivity index (χ3n) is 5.44. The summed E-state index contributed by atoms with van der Waals surface area (Å²) in [6, 6.07) is 17.1. The summed E-state index contributed by atoms with van der Waals surface area (Å²) < 4.78 is 2.07. The van der Waals surface area contributed by atoms with Crippen LogP contribution in [0, 0.1) is 13.8 Å². The SMILES string of the molecule is Cc1ccc(C)c(-n2cc(CN3CCN(C)CC3)c(-c3ccccc3)n2)c1. The number of hydrogen-bond acceptors (Lipinski definition) is 3. The third-order valence-corrected chi connectivity index (χ3v) is 5.44. The van der Waals surface area contributed by atoms with Crippen molar-refractivity contribution < 1.29 is 0 Å². The number of likely N-dealkylation sites (N-methyl/N-ethyl adjacent to an activating group) is 1. The molecule has 4 nitrogen and oxygen atoms in total. The first-order chi connectivity index (χ1) is 13.1. The normalized spacial score (nSPS) is 16.0. The smallest absolute Gasteiger partial charge is 0.0972 e. The summed E-state index contributed by atoms with van der Waals surface area (Å²) in [7, 11) is 2.20. The van der Waals surface area contributed by atoms with Crippen molar-refractivity contribution in [1.29, 1.82) is 0 Å². The van der Waals surface area contributed by atoms with Crippen LogP contribution in [0.3, 0.4) is 0 Å². The number of rotatable bonds is 4. The molecule has 2 aromatic carbocycles. The molecular formula is C23H28N4. The average molecular weight is 361 g/mol. The van der Waals surface area contributed by atoms with Gasteiger partial charge >= 0.3 is 0 Å². The van der Waals surface area contributed by atoms with E-state index in [1.165, 1.54) is 22.3 Å². The molecule has 1 fully saturated rings. The highest BCUT2D eigenvalue weighted by molar-refractivity contribution is 5.63. The third kappa shape index (κ3) is 3.97. The van der Waals surface area contributed by atoms with Crippen LogP contribution >= 0.6 is 0 Å². The number of benzene rings is 2. The van der Waals surface area contributed by atoms with Crippen molar-refractivity contribution in [3.05, 3.63) is 71.4 Å². The number of piperazine rings is 1. The van der Waals surface area contributed by atoms with Crippen molar-refractivity contribution in [3.8, 4) is 16.9 Å². The number of aryl methyl sites for hydroxylation is 2. The fourth-order valence-electron chi connectivity index (χ4n) is 3.70. The Morgan fingerprint density at radius 1 is 0.926 bits per heavy atom. The molecule has 0 saturated carbocycles. The summed E-state index contributed by atoms with van der Waals surface area (Å²) in [6.45, 7) is 9.72. The van der Waals surface area contributed by atoms with Crippen LogP contribution in [0.15, 0.2) is 54.7 Å². The Morgan fingerprint density at radius 2 is 1.67 bits per heavy atom. The lowest BCUT2D eigenvalue weighted by molar-refractivity contribution is 0.148. The number of nitrogens with zero attached hydrogens (tertiary/aromatic N) is 4. The largest absolute Gasteiger partial charge is 0.304 e. The van der Waals surface area contributed by atoms with Crippen molar-refractivity contribution in [3.63, 3.8) is 0 Å². The Morgan fingerprint density at radius 3 is 2.41 bits per heavy atom. The monoisotopic (exact) mass is 360 g/mol. The van der Waals surface area contributed by atoms with Gasteiger partial charge in [-0.05, 0) is 38.1 Å². The zero-order valence-corrected chi connectivity index (χ0v) is 16.5. The second-order valence-electron chi connectivity index (χ2n) is 7.68. The predicted octanol–water partition coefficient (Wildman–Crippen LogP) is 3.90. The van der Waals surface area contributed by atoms with E-state index in [9.17, 15) is 0 Å². The summed E-state index contributed by atoms with van der Waals surface area (Å²) in [6.07, 6.45) is 2.22. The van der Waals surface area contributed by atoms with Crippen molar-refractivity contribution >= 4 is 0 Å². The Balaban J connectivity index is 1.72. The van der Waals surface area contributed by atoms with Crippen LogP contribution < -0.4 is 0 Å². The van der Waals surface area contributed by atoms with Crippen LogP contribution in [0.25, 0.3) is 16.9 Å². The quantitative estimate of drug-likeness (QED) is 0.705. The topological polar surface area (TPSA) is 24.3 Å². The predicted molar refractivity (Wildman–Crippen MR) is 111 cm³/mol. The number of aromatic nitrogens is 2. The maximum Gasteiger partial charge on any atom is 0.0972 e. The van der Waals surface area contributed by atoms with E-state index < -0.39 is 0 Å². The van der Waals surface area contributed by atoms with E-state index in [-0.39, 0.29) is 0 Å². The van der Waals surface area contributed by atoms with E-state index in [1.807, 2.05) is 0 Å². The maximum absolute atomic E-state index is 5.01. The van der Waals surface area contributed by atoms with E-state index >= 15 is 0 Å².